The molecule has 18 heavy (non-hydrogen) atoms. The Morgan fingerprint density at radius 1 is 1.28 bits per heavy atom. The van der Waals surface area contributed by atoms with E-state index in [1.54, 1.807) is 0 Å². The van der Waals surface area contributed by atoms with Crippen molar-refractivity contribution in [3.8, 4) is 0 Å². The van der Waals surface area contributed by atoms with Crippen molar-refractivity contribution < 1.29 is 4.74 Å². The first-order valence-corrected chi connectivity index (χ1v) is 6.96. The van der Waals surface area contributed by atoms with Crippen molar-refractivity contribution in [3.63, 3.8) is 0 Å². The maximum Gasteiger partial charge on any atom is 0.0469 e. The summed E-state index contributed by atoms with van der Waals surface area (Å²) in [6.07, 6.45) is 2.26. The number of ether oxygens (including phenoxy) is 1. The van der Waals surface area contributed by atoms with E-state index in [9.17, 15) is 0 Å². The predicted octanol–water partition coefficient (Wildman–Crippen LogP) is 2.27. The minimum absolute atomic E-state index is 0.432. The van der Waals surface area contributed by atoms with E-state index in [1.807, 2.05) is 0 Å². The molecule has 1 atom stereocenters. The van der Waals surface area contributed by atoms with Gasteiger partial charge < -0.3 is 15.4 Å². The van der Waals surface area contributed by atoms with E-state index in [1.165, 1.54) is 5.69 Å². The summed E-state index contributed by atoms with van der Waals surface area (Å²) in [5.74, 6) is 0.656. The Morgan fingerprint density at radius 2 is 1.94 bits per heavy atom. The molecule has 0 aliphatic carbocycles. The van der Waals surface area contributed by atoms with Gasteiger partial charge >= 0.3 is 0 Å². The molecule has 1 unspecified atom stereocenters. The fourth-order valence-corrected chi connectivity index (χ4v) is 2.90. The van der Waals surface area contributed by atoms with Crippen LogP contribution in [0.2, 0.25) is 0 Å². The highest BCUT2D eigenvalue weighted by molar-refractivity contribution is 5.47. The summed E-state index contributed by atoms with van der Waals surface area (Å²) in [6.45, 7) is 5.69. The van der Waals surface area contributed by atoms with Crippen LogP contribution in [0.25, 0.3) is 0 Å². The van der Waals surface area contributed by atoms with Crippen LogP contribution in [0, 0.1) is 5.92 Å². The van der Waals surface area contributed by atoms with Crippen molar-refractivity contribution in [3.05, 3.63) is 30.3 Å². The third-order valence-electron chi connectivity index (χ3n) is 3.88. The van der Waals surface area contributed by atoms with Gasteiger partial charge in [-0.1, -0.05) is 18.2 Å². The Hall–Kier alpha value is -1.06. The molecule has 0 aromatic heterocycles. The molecule has 1 aliphatic heterocycles. The van der Waals surface area contributed by atoms with Crippen molar-refractivity contribution in [1.82, 2.24) is 0 Å². The Balaban J connectivity index is 2.13. The van der Waals surface area contributed by atoms with Crippen LogP contribution in [-0.2, 0) is 4.74 Å². The lowest BCUT2D eigenvalue weighted by molar-refractivity contribution is 0.0584. The van der Waals surface area contributed by atoms with E-state index in [0.29, 0.717) is 18.5 Å². The van der Waals surface area contributed by atoms with Gasteiger partial charge in [0, 0.05) is 38.0 Å². The van der Waals surface area contributed by atoms with Crippen LogP contribution in [0.4, 0.5) is 5.69 Å². The molecule has 3 nitrogen and oxygen atoms in total. The highest BCUT2D eigenvalue weighted by Crippen LogP contribution is 2.26. The number of para-hydroxylation sites is 1. The normalized spacial score (nSPS) is 18.6. The van der Waals surface area contributed by atoms with Gasteiger partial charge in [-0.15, -0.1) is 0 Å². The molecule has 0 saturated carbocycles. The van der Waals surface area contributed by atoms with E-state index in [2.05, 4.69) is 42.2 Å². The molecule has 1 aliphatic rings. The number of rotatable bonds is 5. The zero-order valence-electron chi connectivity index (χ0n) is 11.2. The largest absolute Gasteiger partial charge is 0.381 e. The van der Waals surface area contributed by atoms with Crippen LogP contribution < -0.4 is 10.6 Å². The fraction of sp³-hybridized carbons (Fsp3) is 0.600. The van der Waals surface area contributed by atoms with Gasteiger partial charge in [-0.05, 0) is 37.8 Å². The predicted molar refractivity (Wildman–Crippen MR) is 75.8 cm³/mol. The molecule has 2 N–H and O–H groups in total. The van der Waals surface area contributed by atoms with E-state index in [4.69, 9.17) is 10.5 Å². The average molecular weight is 248 g/mol. The van der Waals surface area contributed by atoms with Crippen LogP contribution >= 0.6 is 0 Å². The van der Waals surface area contributed by atoms with E-state index >= 15 is 0 Å². The van der Waals surface area contributed by atoms with Gasteiger partial charge in [0.25, 0.3) is 0 Å². The van der Waals surface area contributed by atoms with Crippen LogP contribution in [0.1, 0.15) is 19.8 Å². The van der Waals surface area contributed by atoms with Gasteiger partial charge in [0.1, 0.15) is 0 Å². The lowest BCUT2D eigenvalue weighted by Gasteiger charge is -2.39. The summed E-state index contributed by atoms with van der Waals surface area (Å²) < 4.78 is 5.45. The molecule has 1 saturated heterocycles. The zero-order valence-corrected chi connectivity index (χ0v) is 11.2. The lowest BCUT2D eigenvalue weighted by Crippen LogP contribution is -2.47. The van der Waals surface area contributed by atoms with Crippen molar-refractivity contribution in [2.45, 2.75) is 25.8 Å². The molecular weight excluding hydrogens is 224 g/mol. The third-order valence-corrected chi connectivity index (χ3v) is 3.88. The minimum Gasteiger partial charge on any atom is -0.381 e. The molecule has 0 radical (unpaired) electrons. The number of likely N-dealkylation sites (N-methyl/N-ethyl adjacent to an activating group) is 1. The first-order chi connectivity index (χ1) is 8.86. The van der Waals surface area contributed by atoms with Gasteiger partial charge in [-0.2, -0.15) is 0 Å². The molecule has 1 aromatic rings. The quantitative estimate of drug-likeness (QED) is 0.868. The Morgan fingerprint density at radius 3 is 2.50 bits per heavy atom. The number of hydrogen-bond acceptors (Lipinski definition) is 3. The van der Waals surface area contributed by atoms with Crippen molar-refractivity contribution in [2.75, 3.05) is 31.2 Å². The van der Waals surface area contributed by atoms with Crippen LogP contribution in [-0.4, -0.2) is 32.3 Å². The van der Waals surface area contributed by atoms with Crippen LogP contribution in [0.3, 0.4) is 0 Å². The van der Waals surface area contributed by atoms with E-state index in [0.717, 1.165) is 32.6 Å². The van der Waals surface area contributed by atoms with Crippen molar-refractivity contribution >= 4 is 5.69 Å². The summed E-state index contributed by atoms with van der Waals surface area (Å²) >= 11 is 0. The lowest BCUT2D eigenvalue weighted by atomic mass is 9.90. The monoisotopic (exact) mass is 248 g/mol. The van der Waals surface area contributed by atoms with Gasteiger partial charge in [-0.3, -0.25) is 0 Å². The van der Waals surface area contributed by atoms with Crippen molar-refractivity contribution in [1.29, 1.82) is 0 Å². The Bertz CT molecular complexity index is 336. The molecule has 100 valence electrons. The summed E-state index contributed by atoms with van der Waals surface area (Å²) in [4.78, 5) is 2.44. The van der Waals surface area contributed by atoms with Gasteiger partial charge in [0.05, 0.1) is 0 Å². The first-order valence-electron chi connectivity index (χ1n) is 6.96. The number of nitrogens with two attached hydrogens (primary N) is 1. The SMILES string of the molecule is CCN(c1ccccc1)C(CN)C1CCOCC1. The maximum atomic E-state index is 6.03. The molecule has 3 heteroatoms. The molecule has 2 rings (SSSR count). The Kier molecular flexibility index (Phi) is 5.02. The smallest absolute Gasteiger partial charge is 0.0469 e. The summed E-state index contributed by atoms with van der Waals surface area (Å²) in [6, 6.07) is 11.0. The van der Waals surface area contributed by atoms with Crippen LogP contribution in [0.15, 0.2) is 30.3 Å². The average Bonchev–Trinajstić information content (AvgIpc) is 2.46. The molecule has 0 bridgehead atoms. The van der Waals surface area contributed by atoms with Gasteiger partial charge in [-0.25, -0.2) is 0 Å². The first kappa shape index (κ1) is 13.4. The number of anilines is 1. The highest BCUT2D eigenvalue weighted by atomic mass is 16.5. The molecular formula is C15H24N2O. The highest BCUT2D eigenvalue weighted by Gasteiger charge is 2.27. The Labute approximate surface area is 110 Å². The summed E-state index contributed by atoms with van der Waals surface area (Å²) in [7, 11) is 0. The topological polar surface area (TPSA) is 38.5 Å². The molecule has 1 aromatic carbocycles. The van der Waals surface area contributed by atoms with E-state index in [-0.39, 0.29) is 0 Å². The number of hydrogen-bond donors (Lipinski definition) is 1. The summed E-state index contributed by atoms with van der Waals surface area (Å²) in [5.41, 5.74) is 7.31. The molecule has 0 amide bonds. The summed E-state index contributed by atoms with van der Waals surface area (Å²) in [5, 5.41) is 0. The zero-order chi connectivity index (χ0) is 12.8. The van der Waals surface area contributed by atoms with Gasteiger partial charge in [0.2, 0.25) is 0 Å². The molecule has 1 heterocycles. The maximum absolute atomic E-state index is 6.03. The molecule has 1 fully saturated rings. The number of benzene rings is 1. The number of nitrogens with zero attached hydrogens (tertiary/aromatic N) is 1. The van der Waals surface area contributed by atoms with Crippen molar-refractivity contribution in [2.24, 2.45) is 11.7 Å². The second kappa shape index (κ2) is 6.76. The molecule has 0 spiro atoms. The third kappa shape index (κ3) is 3.03. The standard InChI is InChI=1S/C15H24N2O/c1-2-17(14-6-4-3-5-7-14)15(12-16)13-8-10-18-11-9-13/h3-7,13,15H,2,8-12,16H2,1H3. The second-order valence-corrected chi connectivity index (χ2v) is 4.87. The second-order valence-electron chi connectivity index (χ2n) is 4.87. The fourth-order valence-electron chi connectivity index (χ4n) is 2.90. The van der Waals surface area contributed by atoms with Gasteiger partial charge in [0.15, 0.2) is 0 Å². The minimum atomic E-state index is 0.432. The van der Waals surface area contributed by atoms with E-state index < -0.39 is 0 Å². The van der Waals surface area contributed by atoms with Crippen LogP contribution in [0.5, 0.6) is 0 Å².